The molecule has 1 aliphatic rings. The van der Waals surface area contributed by atoms with Crippen LogP contribution in [-0.4, -0.2) is 39.4 Å². The number of primary sulfonamides is 1. The predicted octanol–water partition coefficient (Wildman–Crippen LogP) is -0.275. The van der Waals surface area contributed by atoms with Crippen molar-refractivity contribution in [2.24, 2.45) is 10.1 Å². The molecule has 0 bridgehead atoms. The Morgan fingerprint density at radius 2 is 2.17 bits per heavy atom. The lowest BCUT2D eigenvalue weighted by Gasteiger charge is -2.16. The van der Waals surface area contributed by atoms with E-state index in [0.29, 0.717) is 12.1 Å². The molecule has 0 fully saturated rings. The summed E-state index contributed by atoms with van der Waals surface area (Å²) in [6.45, 7) is 2.02. The van der Waals surface area contributed by atoms with Gasteiger partial charge in [-0.1, -0.05) is 18.2 Å². The molecule has 18 heavy (non-hydrogen) atoms. The van der Waals surface area contributed by atoms with E-state index in [4.69, 9.17) is 5.14 Å². The average Bonchev–Trinajstić information content (AvgIpc) is 2.71. The van der Waals surface area contributed by atoms with Crippen molar-refractivity contribution < 1.29 is 8.42 Å². The molecule has 0 atom stereocenters. The van der Waals surface area contributed by atoms with E-state index < -0.39 is 10.0 Å². The Balaban J connectivity index is 2.15. The zero-order chi connectivity index (χ0) is 13.2. The lowest BCUT2D eigenvalue weighted by molar-refractivity contribution is 0.533. The first kappa shape index (κ1) is 12.8. The van der Waals surface area contributed by atoms with Crippen LogP contribution < -0.4 is 10.5 Å². The van der Waals surface area contributed by atoms with Crippen molar-refractivity contribution in [3.05, 3.63) is 29.8 Å². The first-order chi connectivity index (χ1) is 8.48. The summed E-state index contributed by atoms with van der Waals surface area (Å²) in [6, 6.07) is 6.68. The molecular weight excluding hydrogens is 252 g/mol. The minimum absolute atomic E-state index is 0.152. The Hall–Kier alpha value is -1.60. The fourth-order valence-corrected chi connectivity index (χ4v) is 2.60. The van der Waals surface area contributed by atoms with Gasteiger partial charge >= 0.3 is 0 Å². The number of hydrogen-bond acceptors (Lipinski definition) is 5. The molecule has 0 radical (unpaired) electrons. The van der Waals surface area contributed by atoms with Crippen molar-refractivity contribution in [3.8, 4) is 0 Å². The largest absolute Gasteiger partial charge is 0.352 e. The van der Waals surface area contributed by atoms with Crippen molar-refractivity contribution in [2.45, 2.75) is 11.4 Å². The van der Waals surface area contributed by atoms with E-state index in [-0.39, 0.29) is 4.90 Å². The second kappa shape index (κ2) is 4.95. The minimum Gasteiger partial charge on any atom is -0.352 e. The highest BCUT2D eigenvalue weighted by Gasteiger charge is 2.15. The lowest BCUT2D eigenvalue weighted by atomic mass is 10.2. The Bertz CT molecular complexity index is 568. The SMILES string of the molecule is CN1CCN=C1NCc1ccccc1S(N)(=O)=O. The van der Waals surface area contributed by atoms with Gasteiger partial charge in [0.25, 0.3) is 0 Å². The number of nitrogens with two attached hydrogens (primary N) is 1. The predicted molar refractivity (Wildman–Crippen MR) is 69.6 cm³/mol. The molecule has 3 N–H and O–H groups in total. The van der Waals surface area contributed by atoms with E-state index in [9.17, 15) is 8.42 Å². The summed E-state index contributed by atoms with van der Waals surface area (Å²) in [6.07, 6.45) is 0. The van der Waals surface area contributed by atoms with Gasteiger partial charge in [0.05, 0.1) is 11.4 Å². The third-order valence-electron chi connectivity index (χ3n) is 2.77. The molecule has 1 aromatic carbocycles. The van der Waals surface area contributed by atoms with E-state index >= 15 is 0 Å². The fourth-order valence-electron chi connectivity index (χ4n) is 1.83. The van der Waals surface area contributed by atoms with Crippen LogP contribution in [0, 0.1) is 0 Å². The van der Waals surface area contributed by atoms with Crippen LogP contribution in [0.4, 0.5) is 0 Å². The summed E-state index contributed by atoms with van der Waals surface area (Å²) in [5.41, 5.74) is 0.642. The van der Waals surface area contributed by atoms with Gasteiger partial charge in [-0.2, -0.15) is 0 Å². The molecule has 0 aliphatic carbocycles. The van der Waals surface area contributed by atoms with Gasteiger partial charge in [0.2, 0.25) is 10.0 Å². The van der Waals surface area contributed by atoms with Crippen LogP contribution in [0.1, 0.15) is 5.56 Å². The van der Waals surface area contributed by atoms with Crippen molar-refractivity contribution in [3.63, 3.8) is 0 Å². The third kappa shape index (κ3) is 2.80. The van der Waals surface area contributed by atoms with Crippen molar-refractivity contribution in [1.82, 2.24) is 10.2 Å². The Kier molecular flexibility index (Phi) is 3.53. The number of sulfonamides is 1. The van der Waals surface area contributed by atoms with Gasteiger partial charge < -0.3 is 10.2 Å². The second-order valence-corrected chi connectivity index (χ2v) is 5.66. The number of nitrogens with one attached hydrogen (secondary N) is 1. The van der Waals surface area contributed by atoms with E-state index in [0.717, 1.165) is 19.0 Å². The number of hydrogen-bond donors (Lipinski definition) is 2. The quantitative estimate of drug-likeness (QED) is 0.789. The van der Waals surface area contributed by atoms with Gasteiger partial charge in [0, 0.05) is 20.1 Å². The van der Waals surface area contributed by atoms with Gasteiger partial charge in [-0.25, -0.2) is 13.6 Å². The molecule has 0 aromatic heterocycles. The molecule has 0 unspecified atom stereocenters. The van der Waals surface area contributed by atoms with Gasteiger partial charge in [-0.05, 0) is 11.6 Å². The molecule has 0 amide bonds. The first-order valence-electron chi connectivity index (χ1n) is 5.58. The van der Waals surface area contributed by atoms with Crippen LogP contribution in [0.5, 0.6) is 0 Å². The smallest absolute Gasteiger partial charge is 0.238 e. The number of nitrogens with zero attached hydrogens (tertiary/aromatic N) is 2. The van der Waals surface area contributed by atoms with E-state index in [2.05, 4.69) is 10.3 Å². The molecule has 0 saturated carbocycles. The van der Waals surface area contributed by atoms with Crippen LogP contribution >= 0.6 is 0 Å². The molecule has 6 nitrogen and oxygen atoms in total. The Morgan fingerprint density at radius 1 is 1.44 bits per heavy atom. The highest BCUT2D eigenvalue weighted by molar-refractivity contribution is 7.89. The topological polar surface area (TPSA) is 87.8 Å². The number of aliphatic imine (C=N–C) groups is 1. The molecular formula is C11H16N4O2S. The summed E-state index contributed by atoms with van der Waals surface area (Å²) in [5, 5.41) is 8.29. The fraction of sp³-hybridized carbons (Fsp3) is 0.364. The molecule has 0 spiro atoms. The molecule has 2 rings (SSSR count). The highest BCUT2D eigenvalue weighted by Crippen LogP contribution is 2.13. The molecule has 0 saturated heterocycles. The number of rotatable bonds is 3. The maximum atomic E-state index is 11.4. The second-order valence-electron chi connectivity index (χ2n) is 4.13. The number of guanidine groups is 1. The maximum Gasteiger partial charge on any atom is 0.238 e. The summed E-state index contributed by atoms with van der Waals surface area (Å²) in [7, 11) is -1.75. The van der Waals surface area contributed by atoms with Crippen LogP contribution in [0.2, 0.25) is 0 Å². The third-order valence-corrected chi connectivity index (χ3v) is 3.79. The standard InChI is InChI=1S/C11H16N4O2S/c1-15-7-6-13-11(15)14-8-9-4-2-3-5-10(9)18(12,16)17/h2-5H,6-8H2,1H3,(H,13,14)(H2,12,16,17). The van der Waals surface area contributed by atoms with Crippen LogP contribution in [0.25, 0.3) is 0 Å². The van der Waals surface area contributed by atoms with Gasteiger partial charge in [0.15, 0.2) is 5.96 Å². The average molecular weight is 268 g/mol. The van der Waals surface area contributed by atoms with E-state index in [1.807, 2.05) is 11.9 Å². The summed E-state index contributed by atoms with van der Waals surface area (Å²) in [4.78, 5) is 6.41. The van der Waals surface area contributed by atoms with Crippen LogP contribution in [0.15, 0.2) is 34.2 Å². The number of benzene rings is 1. The van der Waals surface area contributed by atoms with E-state index in [1.165, 1.54) is 6.07 Å². The monoisotopic (exact) mass is 268 g/mol. The van der Waals surface area contributed by atoms with Crippen molar-refractivity contribution >= 4 is 16.0 Å². The first-order valence-corrected chi connectivity index (χ1v) is 7.13. The highest BCUT2D eigenvalue weighted by atomic mass is 32.2. The van der Waals surface area contributed by atoms with Gasteiger partial charge in [-0.15, -0.1) is 0 Å². The zero-order valence-electron chi connectivity index (χ0n) is 10.1. The summed E-state index contributed by atoms with van der Waals surface area (Å²) >= 11 is 0. The molecule has 1 heterocycles. The lowest BCUT2D eigenvalue weighted by Crippen LogP contribution is -2.35. The Morgan fingerprint density at radius 3 is 2.78 bits per heavy atom. The number of likely N-dealkylation sites (N-methyl/N-ethyl adjacent to an activating group) is 1. The van der Waals surface area contributed by atoms with E-state index in [1.54, 1.807) is 18.2 Å². The summed E-state index contributed by atoms with van der Waals surface area (Å²) in [5.74, 6) is 0.777. The molecule has 1 aromatic rings. The van der Waals surface area contributed by atoms with Gasteiger partial charge in [0.1, 0.15) is 0 Å². The summed E-state index contributed by atoms with van der Waals surface area (Å²) < 4.78 is 22.8. The maximum absolute atomic E-state index is 11.4. The normalized spacial score (nSPS) is 15.7. The zero-order valence-corrected chi connectivity index (χ0v) is 10.9. The Labute approximate surface area is 107 Å². The molecule has 98 valence electrons. The van der Waals surface area contributed by atoms with Crippen molar-refractivity contribution in [2.75, 3.05) is 20.1 Å². The molecule has 7 heteroatoms. The van der Waals surface area contributed by atoms with Gasteiger partial charge in [-0.3, -0.25) is 4.99 Å². The van der Waals surface area contributed by atoms with Crippen molar-refractivity contribution in [1.29, 1.82) is 0 Å². The van der Waals surface area contributed by atoms with Crippen LogP contribution in [0.3, 0.4) is 0 Å². The van der Waals surface area contributed by atoms with Crippen LogP contribution in [-0.2, 0) is 16.6 Å². The minimum atomic E-state index is -3.69. The molecule has 1 aliphatic heterocycles.